The van der Waals surface area contributed by atoms with Crippen molar-refractivity contribution in [2.75, 3.05) is 13.6 Å². The summed E-state index contributed by atoms with van der Waals surface area (Å²) in [6.07, 6.45) is 0.720. The number of benzene rings is 2. The topological polar surface area (TPSA) is 12.0 Å². The van der Waals surface area contributed by atoms with Crippen LogP contribution >= 0.6 is 0 Å². The van der Waals surface area contributed by atoms with E-state index in [0.29, 0.717) is 5.92 Å². The molecule has 2 aromatic carbocycles. The quantitative estimate of drug-likeness (QED) is 0.849. The van der Waals surface area contributed by atoms with E-state index in [4.69, 9.17) is 0 Å². The zero-order chi connectivity index (χ0) is 12.8. The van der Waals surface area contributed by atoms with Crippen LogP contribution in [-0.4, -0.2) is 13.6 Å². The van der Waals surface area contributed by atoms with Gasteiger partial charge in [-0.3, -0.25) is 0 Å². The second-order valence-corrected chi connectivity index (χ2v) is 4.46. The lowest BCUT2D eigenvalue weighted by atomic mass is 9.92. The first-order chi connectivity index (χ1) is 8.81. The highest BCUT2D eigenvalue weighted by Gasteiger charge is 2.13. The average Bonchev–Trinajstić information content (AvgIpc) is 2.42. The number of nitrogens with one attached hydrogen (secondary N) is 1. The van der Waals surface area contributed by atoms with Gasteiger partial charge in [-0.15, -0.1) is 0 Å². The maximum atomic E-state index is 13.7. The summed E-state index contributed by atoms with van der Waals surface area (Å²) in [5, 5.41) is 3.18. The molecule has 2 rings (SSSR count). The van der Waals surface area contributed by atoms with E-state index in [-0.39, 0.29) is 5.82 Å². The van der Waals surface area contributed by atoms with Gasteiger partial charge in [0.15, 0.2) is 0 Å². The van der Waals surface area contributed by atoms with E-state index >= 15 is 0 Å². The van der Waals surface area contributed by atoms with E-state index in [0.717, 1.165) is 18.5 Å². The SMILES string of the molecule is CNCC(Cc1ccccc1F)c1ccccc1. The lowest BCUT2D eigenvalue weighted by Crippen LogP contribution is -2.19. The summed E-state index contributed by atoms with van der Waals surface area (Å²) in [6, 6.07) is 17.3. The number of halogens is 1. The van der Waals surface area contributed by atoms with Gasteiger partial charge < -0.3 is 5.32 Å². The van der Waals surface area contributed by atoms with E-state index in [1.165, 1.54) is 11.6 Å². The normalized spacial score (nSPS) is 12.3. The Hall–Kier alpha value is -1.67. The fourth-order valence-electron chi connectivity index (χ4n) is 2.21. The third-order valence-corrected chi connectivity index (χ3v) is 3.15. The Kier molecular flexibility index (Phi) is 4.48. The fourth-order valence-corrected chi connectivity index (χ4v) is 2.21. The molecule has 0 radical (unpaired) electrons. The summed E-state index contributed by atoms with van der Waals surface area (Å²) in [7, 11) is 1.93. The van der Waals surface area contributed by atoms with Crippen LogP contribution in [0.1, 0.15) is 17.0 Å². The first-order valence-electron chi connectivity index (χ1n) is 6.24. The van der Waals surface area contributed by atoms with E-state index in [9.17, 15) is 4.39 Å². The van der Waals surface area contributed by atoms with Crippen LogP contribution in [-0.2, 0) is 6.42 Å². The number of hydrogen-bond donors (Lipinski definition) is 1. The van der Waals surface area contributed by atoms with Crippen molar-refractivity contribution in [3.05, 3.63) is 71.5 Å². The Morgan fingerprint density at radius 2 is 1.67 bits per heavy atom. The minimum absolute atomic E-state index is 0.116. The summed E-state index contributed by atoms with van der Waals surface area (Å²) >= 11 is 0. The van der Waals surface area contributed by atoms with Crippen LogP contribution in [0.4, 0.5) is 4.39 Å². The van der Waals surface area contributed by atoms with Crippen LogP contribution in [0.2, 0.25) is 0 Å². The van der Waals surface area contributed by atoms with Gasteiger partial charge in [-0.1, -0.05) is 48.5 Å². The Morgan fingerprint density at radius 3 is 2.33 bits per heavy atom. The summed E-state index contributed by atoms with van der Waals surface area (Å²) in [6.45, 7) is 0.846. The maximum absolute atomic E-state index is 13.7. The number of rotatable bonds is 5. The van der Waals surface area contributed by atoms with Crippen LogP contribution in [0.15, 0.2) is 54.6 Å². The summed E-state index contributed by atoms with van der Waals surface area (Å²) in [5.41, 5.74) is 2.02. The van der Waals surface area contributed by atoms with Gasteiger partial charge in [-0.25, -0.2) is 4.39 Å². The van der Waals surface area contributed by atoms with Crippen molar-refractivity contribution in [3.8, 4) is 0 Å². The molecule has 0 amide bonds. The Morgan fingerprint density at radius 1 is 1.00 bits per heavy atom. The molecule has 0 aliphatic heterocycles. The van der Waals surface area contributed by atoms with Gasteiger partial charge in [0.1, 0.15) is 5.82 Å². The molecular formula is C16H18FN. The molecule has 0 aliphatic rings. The van der Waals surface area contributed by atoms with Crippen molar-refractivity contribution in [2.24, 2.45) is 0 Å². The van der Waals surface area contributed by atoms with E-state index in [1.807, 2.05) is 37.4 Å². The standard InChI is InChI=1S/C16H18FN/c1-18-12-15(13-7-3-2-4-8-13)11-14-9-5-6-10-16(14)17/h2-10,15,18H,11-12H2,1H3. The van der Waals surface area contributed by atoms with Gasteiger partial charge in [0, 0.05) is 12.5 Å². The fraction of sp³-hybridized carbons (Fsp3) is 0.250. The molecule has 0 aromatic heterocycles. The van der Waals surface area contributed by atoms with E-state index in [2.05, 4.69) is 17.4 Å². The molecule has 0 fully saturated rings. The Bertz CT molecular complexity index is 481. The molecule has 1 atom stereocenters. The maximum Gasteiger partial charge on any atom is 0.126 e. The molecule has 1 N–H and O–H groups in total. The molecular weight excluding hydrogens is 225 g/mol. The smallest absolute Gasteiger partial charge is 0.126 e. The molecule has 1 unspecified atom stereocenters. The molecule has 0 heterocycles. The van der Waals surface area contributed by atoms with Crippen molar-refractivity contribution < 1.29 is 4.39 Å². The Balaban J connectivity index is 2.19. The van der Waals surface area contributed by atoms with Crippen molar-refractivity contribution in [3.63, 3.8) is 0 Å². The van der Waals surface area contributed by atoms with Crippen molar-refractivity contribution in [1.82, 2.24) is 5.32 Å². The second-order valence-electron chi connectivity index (χ2n) is 4.46. The van der Waals surface area contributed by atoms with Crippen LogP contribution in [0.5, 0.6) is 0 Å². The number of hydrogen-bond acceptors (Lipinski definition) is 1. The molecule has 0 bridgehead atoms. The predicted octanol–water partition coefficient (Wildman–Crippen LogP) is 3.37. The van der Waals surface area contributed by atoms with Crippen molar-refractivity contribution in [2.45, 2.75) is 12.3 Å². The third-order valence-electron chi connectivity index (χ3n) is 3.15. The van der Waals surface area contributed by atoms with Gasteiger partial charge in [0.2, 0.25) is 0 Å². The zero-order valence-corrected chi connectivity index (χ0v) is 10.6. The lowest BCUT2D eigenvalue weighted by Gasteiger charge is -2.17. The summed E-state index contributed by atoms with van der Waals surface area (Å²) < 4.78 is 13.7. The van der Waals surface area contributed by atoms with Crippen LogP contribution < -0.4 is 5.32 Å². The van der Waals surface area contributed by atoms with Crippen molar-refractivity contribution in [1.29, 1.82) is 0 Å². The highest BCUT2D eigenvalue weighted by molar-refractivity contribution is 5.25. The van der Waals surface area contributed by atoms with Gasteiger partial charge >= 0.3 is 0 Å². The molecule has 0 saturated carbocycles. The van der Waals surface area contributed by atoms with Gasteiger partial charge in [-0.2, -0.15) is 0 Å². The van der Waals surface area contributed by atoms with Crippen LogP contribution in [0.25, 0.3) is 0 Å². The summed E-state index contributed by atoms with van der Waals surface area (Å²) in [4.78, 5) is 0. The third kappa shape index (κ3) is 3.17. The van der Waals surface area contributed by atoms with E-state index in [1.54, 1.807) is 6.07 Å². The molecule has 0 aliphatic carbocycles. The largest absolute Gasteiger partial charge is 0.319 e. The molecule has 0 spiro atoms. The molecule has 2 heteroatoms. The zero-order valence-electron chi connectivity index (χ0n) is 10.6. The highest BCUT2D eigenvalue weighted by Crippen LogP contribution is 2.21. The highest BCUT2D eigenvalue weighted by atomic mass is 19.1. The van der Waals surface area contributed by atoms with Crippen LogP contribution in [0.3, 0.4) is 0 Å². The van der Waals surface area contributed by atoms with Gasteiger partial charge in [-0.05, 0) is 30.7 Å². The summed E-state index contributed by atoms with van der Waals surface area (Å²) in [5.74, 6) is 0.183. The lowest BCUT2D eigenvalue weighted by molar-refractivity contribution is 0.574. The predicted molar refractivity (Wildman–Crippen MR) is 73.2 cm³/mol. The first-order valence-corrected chi connectivity index (χ1v) is 6.24. The average molecular weight is 243 g/mol. The van der Waals surface area contributed by atoms with Crippen molar-refractivity contribution >= 4 is 0 Å². The van der Waals surface area contributed by atoms with E-state index < -0.39 is 0 Å². The second kappa shape index (κ2) is 6.31. The molecule has 18 heavy (non-hydrogen) atoms. The minimum atomic E-state index is -0.116. The Labute approximate surface area is 108 Å². The molecule has 1 nitrogen and oxygen atoms in total. The number of likely N-dealkylation sites (N-methyl/N-ethyl adjacent to an activating group) is 1. The first kappa shape index (κ1) is 12.8. The van der Waals surface area contributed by atoms with Gasteiger partial charge in [0.25, 0.3) is 0 Å². The minimum Gasteiger partial charge on any atom is -0.319 e. The van der Waals surface area contributed by atoms with Gasteiger partial charge in [0.05, 0.1) is 0 Å². The van der Waals surface area contributed by atoms with Crippen LogP contribution in [0, 0.1) is 5.82 Å². The molecule has 0 saturated heterocycles. The monoisotopic (exact) mass is 243 g/mol. The molecule has 2 aromatic rings. The molecule has 94 valence electrons.